The second-order valence-electron chi connectivity index (χ2n) is 6.62. The number of benzene rings is 1. The van der Waals surface area contributed by atoms with Crippen molar-refractivity contribution in [2.75, 3.05) is 46.2 Å². The van der Waals surface area contributed by atoms with E-state index in [-0.39, 0.29) is 5.91 Å². The van der Waals surface area contributed by atoms with Gasteiger partial charge in [0.2, 0.25) is 5.95 Å². The van der Waals surface area contributed by atoms with Crippen LogP contribution in [0.2, 0.25) is 0 Å². The molecule has 2 rings (SSSR count). The summed E-state index contributed by atoms with van der Waals surface area (Å²) in [4.78, 5) is 23.3. The Morgan fingerprint density at radius 3 is 2.70 bits per heavy atom. The van der Waals surface area contributed by atoms with Crippen LogP contribution in [0.3, 0.4) is 0 Å². The molecule has 0 atom stereocenters. The number of hydrogen-bond acceptors (Lipinski definition) is 6. The topological polar surface area (TPSA) is 79.4 Å². The number of para-hydroxylation sites is 1. The zero-order valence-electron chi connectivity index (χ0n) is 16.6. The van der Waals surface area contributed by atoms with E-state index >= 15 is 0 Å². The van der Waals surface area contributed by atoms with Crippen LogP contribution in [-0.4, -0.2) is 61.6 Å². The molecule has 7 nitrogen and oxygen atoms in total. The van der Waals surface area contributed by atoms with Crippen LogP contribution in [0.5, 0.6) is 5.75 Å². The molecule has 27 heavy (non-hydrogen) atoms. The van der Waals surface area contributed by atoms with E-state index in [2.05, 4.69) is 25.5 Å². The van der Waals surface area contributed by atoms with Crippen LogP contribution in [0.4, 0.5) is 5.95 Å². The van der Waals surface area contributed by atoms with E-state index in [1.807, 2.05) is 45.3 Å². The summed E-state index contributed by atoms with van der Waals surface area (Å²) < 4.78 is 5.34. The molecule has 146 valence electrons. The first kappa shape index (κ1) is 20.6. The van der Waals surface area contributed by atoms with Gasteiger partial charge in [-0.3, -0.25) is 4.79 Å². The summed E-state index contributed by atoms with van der Waals surface area (Å²) in [6.07, 6.45) is 1.67. The normalized spacial score (nSPS) is 10.7. The number of nitrogens with zero attached hydrogens (tertiary/aromatic N) is 3. The molecule has 0 spiro atoms. The number of ether oxygens (including phenoxy) is 1. The Kier molecular flexibility index (Phi) is 8.00. The molecule has 2 aromatic rings. The van der Waals surface area contributed by atoms with Crippen molar-refractivity contribution in [2.24, 2.45) is 0 Å². The first-order valence-electron chi connectivity index (χ1n) is 9.14. The monoisotopic (exact) mass is 371 g/mol. The van der Waals surface area contributed by atoms with Crippen LogP contribution in [0.1, 0.15) is 28.2 Å². The molecule has 1 heterocycles. The van der Waals surface area contributed by atoms with Crippen molar-refractivity contribution in [3.05, 3.63) is 47.3 Å². The first-order chi connectivity index (χ1) is 13.0. The predicted octanol–water partition coefficient (Wildman–Crippen LogP) is 2.13. The van der Waals surface area contributed by atoms with Gasteiger partial charge in [-0.2, -0.15) is 0 Å². The van der Waals surface area contributed by atoms with Crippen molar-refractivity contribution < 1.29 is 9.53 Å². The summed E-state index contributed by atoms with van der Waals surface area (Å²) in [5.74, 6) is 1.12. The third kappa shape index (κ3) is 6.86. The van der Waals surface area contributed by atoms with Crippen LogP contribution in [-0.2, 0) is 6.42 Å². The van der Waals surface area contributed by atoms with Gasteiger partial charge in [-0.05, 0) is 58.1 Å². The molecule has 2 N–H and O–H groups in total. The minimum atomic E-state index is -0.202. The Morgan fingerprint density at radius 2 is 1.96 bits per heavy atom. The maximum atomic E-state index is 12.4. The average Bonchev–Trinajstić information content (AvgIpc) is 2.65. The smallest absolute Gasteiger partial charge is 0.270 e. The molecule has 0 saturated heterocycles. The lowest BCUT2D eigenvalue weighted by Gasteiger charge is -2.11. The van der Waals surface area contributed by atoms with Gasteiger partial charge in [-0.25, -0.2) is 9.97 Å². The number of aryl methyl sites for hydroxylation is 1. The van der Waals surface area contributed by atoms with Crippen LogP contribution in [0.15, 0.2) is 30.3 Å². The maximum Gasteiger partial charge on any atom is 0.270 e. The molecule has 0 radical (unpaired) electrons. The quantitative estimate of drug-likeness (QED) is 0.623. The van der Waals surface area contributed by atoms with Gasteiger partial charge >= 0.3 is 0 Å². The third-order valence-electron chi connectivity index (χ3n) is 4.02. The summed E-state index contributed by atoms with van der Waals surface area (Å²) in [6.45, 7) is 4.11. The van der Waals surface area contributed by atoms with E-state index < -0.39 is 0 Å². The second-order valence-corrected chi connectivity index (χ2v) is 6.62. The Hall–Kier alpha value is -2.67. The van der Waals surface area contributed by atoms with Crippen LogP contribution >= 0.6 is 0 Å². The Balaban J connectivity index is 1.89. The molecule has 1 aromatic heterocycles. The van der Waals surface area contributed by atoms with Crippen LogP contribution in [0.25, 0.3) is 0 Å². The van der Waals surface area contributed by atoms with E-state index in [9.17, 15) is 4.79 Å². The summed E-state index contributed by atoms with van der Waals surface area (Å²) in [7, 11) is 5.72. The van der Waals surface area contributed by atoms with Gasteiger partial charge in [-0.1, -0.05) is 18.2 Å². The number of aromatic nitrogens is 2. The number of hydrogen-bond donors (Lipinski definition) is 2. The molecule has 1 amide bonds. The van der Waals surface area contributed by atoms with Crippen molar-refractivity contribution in [1.29, 1.82) is 0 Å². The van der Waals surface area contributed by atoms with Gasteiger partial charge in [0.1, 0.15) is 11.4 Å². The fourth-order valence-corrected chi connectivity index (χ4v) is 2.67. The number of rotatable bonds is 10. The van der Waals surface area contributed by atoms with Gasteiger partial charge < -0.3 is 20.3 Å². The van der Waals surface area contributed by atoms with Gasteiger partial charge in [0.15, 0.2) is 0 Å². The van der Waals surface area contributed by atoms with Gasteiger partial charge in [0.25, 0.3) is 5.91 Å². The van der Waals surface area contributed by atoms with Crippen molar-refractivity contribution in [3.63, 3.8) is 0 Å². The number of amides is 1. The molecule has 0 aliphatic rings. The Bertz CT molecular complexity index is 749. The number of methoxy groups -OCH3 is 1. The highest BCUT2D eigenvalue weighted by Crippen LogP contribution is 2.17. The van der Waals surface area contributed by atoms with E-state index in [1.165, 1.54) is 0 Å². The van der Waals surface area contributed by atoms with Crippen molar-refractivity contribution in [3.8, 4) is 5.75 Å². The van der Waals surface area contributed by atoms with E-state index in [0.29, 0.717) is 24.6 Å². The molecule has 0 unspecified atom stereocenters. The van der Waals surface area contributed by atoms with Gasteiger partial charge in [0, 0.05) is 18.8 Å². The zero-order chi connectivity index (χ0) is 19.6. The molecule has 0 saturated carbocycles. The summed E-state index contributed by atoms with van der Waals surface area (Å²) in [5.41, 5.74) is 2.19. The SMILES string of the molecule is COc1ccccc1CCNC(=O)c1cc(C)nc(NCCCN(C)C)n1. The first-order valence-corrected chi connectivity index (χ1v) is 9.14. The third-order valence-corrected chi connectivity index (χ3v) is 4.02. The molecule has 0 aliphatic carbocycles. The minimum absolute atomic E-state index is 0.202. The Labute approximate surface area is 161 Å². The number of carbonyl (C=O) groups excluding carboxylic acids is 1. The lowest BCUT2D eigenvalue weighted by atomic mass is 10.1. The summed E-state index contributed by atoms with van der Waals surface area (Å²) in [6, 6.07) is 9.50. The highest BCUT2D eigenvalue weighted by atomic mass is 16.5. The van der Waals surface area contributed by atoms with Crippen LogP contribution in [0, 0.1) is 6.92 Å². The molecular weight excluding hydrogens is 342 g/mol. The summed E-state index contributed by atoms with van der Waals surface area (Å²) >= 11 is 0. The fraction of sp³-hybridized carbons (Fsp3) is 0.450. The molecule has 1 aromatic carbocycles. The molecule has 7 heteroatoms. The van der Waals surface area contributed by atoms with E-state index in [4.69, 9.17) is 4.74 Å². The van der Waals surface area contributed by atoms with E-state index in [1.54, 1.807) is 13.2 Å². The number of anilines is 1. The number of carbonyl (C=O) groups is 1. The average molecular weight is 371 g/mol. The lowest BCUT2D eigenvalue weighted by Crippen LogP contribution is -2.27. The minimum Gasteiger partial charge on any atom is -0.496 e. The maximum absolute atomic E-state index is 12.4. The van der Waals surface area contributed by atoms with E-state index in [0.717, 1.165) is 36.5 Å². The lowest BCUT2D eigenvalue weighted by molar-refractivity contribution is 0.0949. The van der Waals surface area contributed by atoms with Crippen LogP contribution < -0.4 is 15.4 Å². The molecular formula is C20H29N5O2. The standard InChI is InChI=1S/C20H29N5O2/c1-15-14-17(24-20(23-15)22-11-7-13-25(2)3)19(26)21-12-10-16-8-5-6-9-18(16)27-4/h5-6,8-9,14H,7,10-13H2,1-4H3,(H,21,26)(H,22,23,24). The summed E-state index contributed by atoms with van der Waals surface area (Å²) in [5, 5.41) is 6.10. The zero-order valence-corrected chi connectivity index (χ0v) is 16.6. The van der Waals surface area contributed by atoms with Gasteiger partial charge in [-0.15, -0.1) is 0 Å². The number of nitrogens with one attached hydrogen (secondary N) is 2. The van der Waals surface area contributed by atoms with Crippen molar-refractivity contribution in [1.82, 2.24) is 20.2 Å². The highest BCUT2D eigenvalue weighted by Gasteiger charge is 2.11. The highest BCUT2D eigenvalue weighted by molar-refractivity contribution is 5.92. The fourth-order valence-electron chi connectivity index (χ4n) is 2.67. The largest absolute Gasteiger partial charge is 0.496 e. The molecule has 0 aliphatic heterocycles. The van der Waals surface area contributed by atoms with Crippen molar-refractivity contribution >= 4 is 11.9 Å². The van der Waals surface area contributed by atoms with Crippen molar-refractivity contribution in [2.45, 2.75) is 19.8 Å². The molecule has 0 bridgehead atoms. The Morgan fingerprint density at radius 1 is 1.19 bits per heavy atom. The van der Waals surface area contributed by atoms with Gasteiger partial charge in [0.05, 0.1) is 7.11 Å². The second kappa shape index (κ2) is 10.5. The molecule has 0 fully saturated rings. The predicted molar refractivity (Wildman–Crippen MR) is 107 cm³/mol.